The van der Waals surface area contributed by atoms with Gasteiger partial charge in [-0.25, -0.2) is 0 Å². The Morgan fingerprint density at radius 3 is 2.36 bits per heavy atom. The minimum absolute atomic E-state index is 0.0414. The van der Waals surface area contributed by atoms with Gasteiger partial charge in [0, 0.05) is 18.3 Å². The van der Waals surface area contributed by atoms with Crippen molar-refractivity contribution in [3.8, 4) is 11.1 Å². The van der Waals surface area contributed by atoms with E-state index in [0.717, 1.165) is 16.7 Å². The van der Waals surface area contributed by atoms with E-state index < -0.39 is 11.5 Å². The summed E-state index contributed by atoms with van der Waals surface area (Å²) in [5.41, 5.74) is 13.7. The van der Waals surface area contributed by atoms with Gasteiger partial charge in [-0.05, 0) is 16.7 Å². The van der Waals surface area contributed by atoms with Crippen molar-refractivity contribution < 1.29 is 9.53 Å². The predicted molar refractivity (Wildman–Crippen MR) is 95.2 cm³/mol. The summed E-state index contributed by atoms with van der Waals surface area (Å²) in [6, 6.07) is 17.0. The Bertz CT molecular complexity index is 816. The topological polar surface area (TPSA) is 107 Å². The van der Waals surface area contributed by atoms with Gasteiger partial charge in [0.1, 0.15) is 0 Å². The van der Waals surface area contributed by atoms with Gasteiger partial charge in [0.25, 0.3) is 5.91 Å². The van der Waals surface area contributed by atoms with E-state index in [1.54, 1.807) is 12.4 Å². The van der Waals surface area contributed by atoms with Crippen LogP contribution in [0.1, 0.15) is 11.1 Å². The van der Waals surface area contributed by atoms with Gasteiger partial charge in [-0.1, -0.05) is 54.6 Å². The molecule has 0 radical (unpaired) electrons. The molecular formula is C19H20N4O2. The molecule has 6 nitrogen and oxygen atoms in total. The van der Waals surface area contributed by atoms with E-state index in [1.165, 1.54) is 0 Å². The fraction of sp³-hybridized carbons (Fsp3) is 0.158. The van der Waals surface area contributed by atoms with E-state index in [1.807, 2.05) is 54.6 Å². The first kappa shape index (κ1) is 16.9. The molecule has 0 saturated heterocycles. The van der Waals surface area contributed by atoms with Crippen molar-refractivity contribution in [3.05, 3.63) is 78.1 Å². The number of rotatable bonds is 7. The van der Waals surface area contributed by atoms with Gasteiger partial charge in [-0.2, -0.15) is 5.10 Å². The summed E-state index contributed by atoms with van der Waals surface area (Å²) in [5.74, 6) is -0.609. The Morgan fingerprint density at radius 1 is 1.08 bits per heavy atom. The van der Waals surface area contributed by atoms with Gasteiger partial charge in [0.2, 0.25) is 0 Å². The number of ether oxygens (including phenoxy) is 1. The maximum atomic E-state index is 12.2. The minimum Gasteiger partial charge on any atom is -0.367 e. The van der Waals surface area contributed by atoms with E-state index in [2.05, 4.69) is 10.2 Å². The number of hydrogen-bond acceptors (Lipinski definition) is 4. The third-order valence-corrected chi connectivity index (χ3v) is 4.20. The van der Waals surface area contributed by atoms with Crippen LogP contribution in [0.3, 0.4) is 0 Å². The van der Waals surface area contributed by atoms with E-state index in [9.17, 15) is 4.79 Å². The van der Waals surface area contributed by atoms with Crippen LogP contribution in [0.15, 0.2) is 67.0 Å². The number of H-pyrrole nitrogens is 1. The number of amides is 1. The van der Waals surface area contributed by atoms with Gasteiger partial charge in [0.05, 0.1) is 12.8 Å². The normalized spacial score (nSPS) is 13.3. The van der Waals surface area contributed by atoms with Crippen LogP contribution >= 0.6 is 0 Å². The molecule has 0 aliphatic carbocycles. The van der Waals surface area contributed by atoms with Gasteiger partial charge >= 0.3 is 0 Å². The van der Waals surface area contributed by atoms with Gasteiger partial charge in [0.15, 0.2) is 5.60 Å². The number of aromatic amines is 1. The maximum Gasteiger partial charge on any atom is 0.255 e. The van der Waals surface area contributed by atoms with Crippen LogP contribution in [0.4, 0.5) is 0 Å². The van der Waals surface area contributed by atoms with Crippen LogP contribution in [0.25, 0.3) is 11.1 Å². The molecule has 1 aromatic heterocycles. The van der Waals surface area contributed by atoms with E-state index in [0.29, 0.717) is 5.56 Å². The Morgan fingerprint density at radius 2 is 1.80 bits per heavy atom. The number of benzene rings is 2. The van der Waals surface area contributed by atoms with Crippen molar-refractivity contribution in [2.24, 2.45) is 11.5 Å². The highest BCUT2D eigenvalue weighted by Crippen LogP contribution is 2.28. The number of aromatic nitrogens is 2. The molecule has 1 heterocycles. The summed E-state index contributed by atoms with van der Waals surface area (Å²) in [4.78, 5) is 12.2. The van der Waals surface area contributed by atoms with Crippen LogP contribution in [0.5, 0.6) is 0 Å². The van der Waals surface area contributed by atoms with Crippen molar-refractivity contribution in [2.45, 2.75) is 12.2 Å². The molecule has 3 rings (SSSR count). The Balaban J connectivity index is 1.88. The molecule has 0 bridgehead atoms. The van der Waals surface area contributed by atoms with Crippen molar-refractivity contribution in [1.29, 1.82) is 0 Å². The lowest BCUT2D eigenvalue weighted by Gasteiger charge is -2.30. The zero-order valence-corrected chi connectivity index (χ0v) is 13.7. The van der Waals surface area contributed by atoms with Crippen LogP contribution in [0, 0.1) is 0 Å². The van der Waals surface area contributed by atoms with Gasteiger partial charge in [-0.15, -0.1) is 0 Å². The van der Waals surface area contributed by atoms with Gasteiger partial charge in [-0.3, -0.25) is 9.89 Å². The van der Waals surface area contributed by atoms with Crippen molar-refractivity contribution in [2.75, 3.05) is 6.54 Å². The second kappa shape index (κ2) is 7.29. The first-order valence-electron chi connectivity index (χ1n) is 7.93. The number of carbonyl (C=O) groups is 1. The number of carbonyl (C=O) groups excluding carboxylic acids is 1. The Hall–Kier alpha value is -2.96. The average molecular weight is 336 g/mol. The Labute approximate surface area is 145 Å². The third kappa shape index (κ3) is 3.45. The maximum absolute atomic E-state index is 12.2. The van der Waals surface area contributed by atoms with Crippen molar-refractivity contribution >= 4 is 5.91 Å². The number of hydrogen-bond donors (Lipinski definition) is 3. The molecule has 0 saturated carbocycles. The molecule has 1 amide bonds. The number of nitrogens with zero attached hydrogens (tertiary/aromatic N) is 1. The number of nitrogens with one attached hydrogen (secondary N) is 1. The van der Waals surface area contributed by atoms with Crippen LogP contribution in [-0.2, 0) is 21.7 Å². The monoisotopic (exact) mass is 336 g/mol. The molecule has 128 valence electrons. The summed E-state index contributed by atoms with van der Waals surface area (Å²) >= 11 is 0. The van der Waals surface area contributed by atoms with Crippen molar-refractivity contribution in [1.82, 2.24) is 10.2 Å². The highest BCUT2D eigenvalue weighted by Gasteiger charge is 2.38. The highest BCUT2D eigenvalue weighted by atomic mass is 16.5. The molecule has 0 aliphatic heterocycles. The quantitative estimate of drug-likeness (QED) is 0.613. The second-order valence-electron chi connectivity index (χ2n) is 5.73. The lowest BCUT2D eigenvalue weighted by atomic mass is 9.91. The zero-order chi connectivity index (χ0) is 17.7. The van der Waals surface area contributed by atoms with E-state index >= 15 is 0 Å². The second-order valence-corrected chi connectivity index (χ2v) is 5.73. The lowest BCUT2D eigenvalue weighted by Crippen LogP contribution is -2.49. The minimum atomic E-state index is -1.37. The summed E-state index contributed by atoms with van der Waals surface area (Å²) in [6.45, 7) is 0.199. The molecule has 1 unspecified atom stereocenters. The Kier molecular flexibility index (Phi) is 4.92. The average Bonchev–Trinajstić information content (AvgIpc) is 3.18. The van der Waals surface area contributed by atoms with E-state index in [-0.39, 0.29) is 13.2 Å². The molecule has 3 aromatic rings. The molecule has 0 aliphatic rings. The largest absolute Gasteiger partial charge is 0.367 e. The first-order valence-corrected chi connectivity index (χ1v) is 7.93. The summed E-state index contributed by atoms with van der Waals surface area (Å²) < 4.78 is 5.92. The lowest BCUT2D eigenvalue weighted by molar-refractivity contribution is -0.146. The van der Waals surface area contributed by atoms with Crippen molar-refractivity contribution in [3.63, 3.8) is 0 Å². The summed E-state index contributed by atoms with van der Waals surface area (Å²) in [7, 11) is 0. The first-order chi connectivity index (χ1) is 12.2. The standard InChI is InChI=1S/C19H20N4O2/c20-13-19(18(21)24,25-12-14-4-2-1-3-5-14)17-8-6-15(7-9-17)16-10-22-23-11-16/h1-11H,12-13,20H2,(H2,21,24)(H,22,23). The van der Waals surface area contributed by atoms with Crippen LogP contribution < -0.4 is 11.5 Å². The molecule has 0 fully saturated rings. The fourth-order valence-electron chi connectivity index (χ4n) is 2.70. The summed E-state index contributed by atoms with van der Waals surface area (Å²) in [6.07, 6.45) is 3.52. The van der Waals surface area contributed by atoms with Gasteiger partial charge < -0.3 is 16.2 Å². The van der Waals surface area contributed by atoms with E-state index in [4.69, 9.17) is 16.2 Å². The number of nitrogens with two attached hydrogens (primary N) is 2. The molecule has 6 heteroatoms. The van der Waals surface area contributed by atoms with Crippen LogP contribution in [-0.4, -0.2) is 22.6 Å². The molecule has 1 atom stereocenters. The summed E-state index contributed by atoms with van der Waals surface area (Å²) in [5, 5.41) is 6.71. The molecule has 25 heavy (non-hydrogen) atoms. The molecule has 5 N–H and O–H groups in total. The smallest absolute Gasteiger partial charge is 0.255 e. The fourth-order valence-corrected chi connectivity index (χ4v) is 2.70. The zero-order valence-electron chi connectivity index (χ0n) is 13.7. The highest BCUT2D eigenvalue weighted by molar-refractivity contribution is 5.85. The predicted octanol–water partition coefficient (Wildman–Crippen LogP) is 1.93. The SMILES string of the molecule is NCC(OCc1ccccc1)(C(N)=O)c1ccc(-c2cn[nH]c2)cc1. The third-order valence-electron chi connectivity index (χ3n) is 4.20. The number of primary amides is 1. The molecule has 2 aromatic carbocycles. The van der Waals surface area contributed by atoms with Crippen LogP contribution in [0.2, 0.25) is 0 Å². The molecule has 0 spiro atoms. The molecular weight excluding hydrogens is 316 g/mol.